The molecule has 0 radical (unpaired) electrons. The maximum absolute atomic E-state index is 12.7. The van der Waals surface area contributed by atoms with Crippen LogP contribution in [0, 0.1) is 6.92 Å². The topological polar surface area (TPSA) is 46.3 Å². The van der Waals surface area contributed by atoms with E-state index in [0.29, 0.717) is 22.1 Å². The molecule has 0 bridgehead atoms. The van der Waals surface area contributed by atoms with Crippen LogP contribution in [-0.4, -0.2) is 12.5 Å². The Bertz CT molecular complexity index is 681. The largest absolute Gasteiger partial charge is 0.399 e. The smallest absolute Gasteiger partial charge is 0.269 e. The molecular weight excluding hydrogens is 292 g/mol. The predicted molar refractivity (Wildman–Crippen MR) is 84.9 cm³/mol. The van der Waals surface area contributed by atoms with Gasteiger partial charge < -0.3 is 10.6 Å². The van der Waals surface area contributed by atoms with Crippen molar-refractivity contribution in [3.8, 4) is 0 Å². The molecule has 3 rings (SSSR count). The molecule has 1 aromatic carbocycles. The van der Waals surface area contributed by atoms with Crippen LogP contribution in [0.1, 0.15) is 27.2 Å². The van der Waals surface area contributed by atoms with Crippen LogP contribution in [-0.2, 0) is 6.42 Å². The lowest BCUT2D eigenvalue weighted by Gasteiger charge is -2.29. The summed E-state index contributed by atoms with van der Waals surface area (Å²) in [5.41, 5.74) is 9.57. The third-order valence-corrected chi connectivity index (χ3v) is 5.25. The first-order chi connectivity index (χ1) is 9.58. The molecular formula is C15H15ClN2OS. The number of anilines is 2. The lowest BCUT2D eigenvalue weighted by molar-refractivity contribution is 0.0989. The van der Waals surface area contributed by atoms with E-state index in [1.54, 1.807) is 4.90 Å². The highest BCUT2D eigenvalue weighted by Crippen LogP contribution is 2.34. The first-order valence-electron chi connectivity index (χ1n) is 6.52. The predicted octanol–water partition coefficient (Wildman–Crippen LogP) is 3.89. The second-order valence-corrected chi connectivity index (χ2v) is 6.27. The molecule has 1 aliphatic heterocycles. The Balaban J connectivity index is 2.02. The molecule has 0 unspecified atom stereocenters. The van der Waals surface area contributed by atoms with E-state index < -0.39 is 0 Å². The summed E-state index contributed by atoms with van der Waals surface area (Å²) < 4.78 is 0. The van der Waals surface area contributed by atoms with Gasteiger partial charge in [-0.1, -0.05) is 17.7 Å². The van der Waals surface area contributed by atoms with Gasteiger partial charge in [0, 0.05) is 17.9 Å². The van der Waals surface area contributed by atoms with Crippen molar-refractivity contribution < 1.29 is 4.79 Å². The van der Waals surface area contributed by atoms with Gasteiger partial charge in [0.25, 0.3) is 5.91 Å². The molecule has 2 N–H and O–H groups in total. The minimum absolute atomic E-state index is 0.0281. The number of nitrogens with two attached hydrogens (primary N) is 1. The summed E-state index contributed by atoms with van der Waals surface area (Å²) in [7, 11) is 0. The molecule has 1 aromatic heterocycles. The summed E-state index contributed by atoms with van der Waals surface area (Å²) in [6.45, 7) is 2.63. The van der Waals surface area contributed by atoms with Gasteiger partial charge in [0.05, 0.1) is 5.02 Å². The number of nitrogen functional groups attached to an aromatic ring is 1. The maximum Gasteiger partial charge on any atom is 0.269 e. The molecule has 20 heavy (non-hydrogen) atoms. The molecule has 0 saturated carbocycles. The van der Waals surface area contributed by atoms with E-state index in [2.05, 4.69) is 0 Å². The van der Waals surface area contributed by atoms with Gasteiger partial charge >= 0.3 is 0 Å². The van der Waals surface area contributed by atoms with E-state index in [1.807, 2.05) is 30.5 Å². The third kappa shape index (κ3) is 2.19. The first-order valence-corrected chi connectivity index (χ1v) is 7.77. The number of benzene rings is 1. The zero-order valence-electron chi connectivity index (χ0n) is 11.1. The van der Waals surface area contributed by atoms with Crippen LogP contribution in [0.3, 0.4) is 0 Å². The van der Waals surface area contributed by atoms with E-state index in [-0.39, 0.29) is 5.91 Å². The molecule has 0 atom stereocenters. The van der Waals surface area contributed by atoms with Gasteiger partial charge in [-0.2, -0.15) is 0 Å². The van der Waals surface area contributed by atoms with Gasteiger partial charge in [-0.3, -0.25) is 4.79 Å². The number of thiophene rings is 1. The molecule has 1 aliphatic rings. The second-order valence-electron chi connectivity index (χ2n) is 5.01. The van der Waals surface area contributed by atoms with Crippen molar-refractivity contribution >= 4 is 40.2 Å². The van der Waals surface area contributed by atoms with Gasteiger partial charge in [-0.15, -0.1) is 11.3 Å². The number of rotatable bonds is 1. The Hall–Kier alpha value is -1.52. The number of amides is 1. The monoisotopic (exact) mass is 306 g/mol. The van der Waals surface area contributed by atoms with Crippen LogP contribution in [0.5, 0.6) is 0 Å². The second kappa shape index (κ2) is 5.11. The molecule has 0 spiro atoms. The number of halogens is 1. The Morgan fingerprint density at radius 2 is 2.25 bits per heavy atom. The molecule has 2 aromatic rings. The number of aryl methyl sites for hydroxylation is 2. The standard InChI is InChI=1S/C15H15ClN2OS/c1-9-8-20-14(13(9)16)15(19)18-6-2-3-10-4-5-11(17)7-12(10)18/h4-5,7-8H,2-3,6,17H2,1H3. The summed E-state index contributed by atoms with van der Waals surface area (Å²) in [4.78, 5) is 15.1. The molecule has 104 valence electrons. The molecule has 0 saturated heterocycles. The molecule has 5 heteroatoms. The van der Waals surface area contributed by atoms with Gasteiger partial charge in [-0.05, 0) is 48.4 Å². The normalized spacial score (nSPS) is 14.2. The maximum atomic E-state index is 12.7. The molecule has 0 fully saturated rings. The first kappa shape index (κ1) is 13.5. The summed E-state index contributed by atoms with van der Waals surface area (Å²) >= 11 is 7.62. The van der Waals surface area contributed by atoms with E-state index in [0.717, 1.165) is 24.1 Å². The van der Waals surface area contributed by atoms with Gasteiger partial charge in [-0.25, -0.2) is 0 Å². The summed E-state index contributed by atoms with van der Waals surface area (Å²) in [5.74, 6) is -0.0281. The SMILES string of the molecule is Cc1csc(C(=O)N2CCCc3ccc(N)cc32)c1Cl. The van der Waals surface area contributed by atoms with E-state index in [1.165, 1.54) is 16.9 Å². The number of hydrogen-bond acceptors (Lipinski definition) is 3. The summed E-state index contributed by atoms with van der Waals surface area (Å²) in [5, 5.41) is 2.48. The minimum atomic E-state index is -0.0281. The van der Waals surface area contributed by atoms with Gasteiger partial charge in [0.1, 0.15) is 4.88 Å². The third-order valence-electron chi connectivity index (χ3n) is 3.57. The van der Waals surface area contributed by atoms with E-state index >= 15 is 0 Å². The molecule has 3 nitrogen and oxygen atoms in total. The fourth-order valence-electron chi connectivity index (χ4n) is 2.50. The number of nitrogens with zero attached hydrogens (tertiary/aromatic N) is 1. The van der Waals surface area contributed by atoms with Crippen molar-refractivity contribution in [3.05, 3.63) is 44.6 Å². The van der Waals surface area contributed by atoms with Crippen molar-refractivity contribution in [1.29, 1.82) is 0 Å². The van der Waals surface area contributed by atoms with Gasteiger partial charge in [0.2, 0.25) is 0 Å². The Morgan fingerprint density at radius 3 is 2.95 bits per heavy atom. The number of carbonyl (C=O) groups is 1. The average molecular weight is 307 g/mol. The molecule has 0 aliphatic carbocycles. The highest BCUT2D eigenvalue weighted by molar-refractivity contribution is 7.13. The number of carbonyl (C=O) groups excluding carboxylic acids is 1. The van der Waals surface area contributed by atoms with Crippen LogP contribution < -0.4 is 10.6 Å². The quantitative estimate of drug-likeness (QED) is 0.813. The van der Waals surface area contributed by atoms with E-state index in [9.17, 15) is 4.79 Å². The van der Waals surface area contributed by atoms with Crippen LogP contribution in [0.25, 0.3) is 0 Å². The van der Waals surface area contributed by atoms with Crippen LogP contribution in [0.4, 0.5) is 11.4 Å². The van der Waals surface area contributed by atoms with E-state index in [4.69, 9.17) is 17.3 Å². The Kier molecular flexibility index (Phi) is 3.44. The zero-order valence-corrected chi connectivity index (χ0v) is 12.7. The Morgan fingerprint density at radius 1 is 1.45 bits per heavy atom. The zero-order chi connectivity index (χ0) is 14.3. The number of hydrogen-bond donors (Lipinski definition) is 1. The van der Waals surface area contributed by atoms with Crippen LogP contribution in [0.15, 0.2) is 23.6 Å². The summed E-state index contributed by atoms with van der Waals surface area (Å²) in [6.07, 6.45) is 1.95. The lowest BCUT2D eigenvalue weighted by Crippen LogP contribution is -2.35. The Labute approximate surface area is 127 Å². The number of fused-ring (bicyclic) bond motifs is 1. The van der Waals surface area contributed by atoms with Crippen LogP contribution >= 0.6 is 22.9 Å². The summed E-state index contributed by atoms with van der Waals surface area (Å²) in [6, 6.07) is 5.77. The highest BCUT2D eigenvalue weighted by Gasteiger charge is 2.26. The van der Waals surface area contributed by atoms with Crippen molar-refractivity contribution in [2.75, 3.05) is 17.2 Å². The molecule has 2 heterocycles. The van der Waals surface area contributed by atoms with Crippen molar-refractivity contribution in [1.82, 2.24) is 0 Å². The lowest BCUT2D eigenvalue weighted by atomic mass is 10.0. The average Bonchev–Trinajstić information content (AvgIpc) is 2.77. The fourth-order valence-corrected chi connectivity index (χ4v) is 3.72. The molecule has 1 amide bonds. The highest BCUT2D eigenvalue weighted by atomic mass is 35.5. The van der Waals surface area contributed by atoms with Crippen molar-refractivity contribution in [3.63, 3.8) is 0 Å². The van der Waals surface area contributed by atoms with Crippen LogP contribution in [0.2, 0.25) is 5.02 Å². The van der Waals surface area contributed by atoms with Crippen molar-refractivity contribution in [2.24, 2.45) is 0 Å². The van der Waals surface area contributed by atoms with Gasteiger partial charge in [0.15, 0.2) is 0 Å². The fraction of sp³-hybridized carbons (Fsp3) is 0.267. The van der Waals surface area contributed by atoms with Crippen molar-refractivity contribution in [2.45, 2.75) is 19.8 Å². The minimum Gasteiger partial charge on any atom is -0.399 e.